The summed E-state index contributed by atoms with van der Waals surface area (Å²) in [5.41, 5.74) is -1.08. The molecule has 6 nitrogen and oxygen atoms in total. The largest absolute Gasteiger partial charge is 0.481 e. The minimum atomic E-state index is -1.08. The Kier molecular flexibility index (Phi) is 4.35. The van der Waals surface area contributed by atoms with E-state index in [1.165, 1.54) is 0 Å². The summed E-state index contributed by atoms with van der Waals surface area (Å²) in [5, 5.41) is 14.2. The average molecular weight is 240 g/mol. The molecule has 2 unspecified atom stereocenters. The van der Waals surface area contributed by atoms with Crippen molar-refractivity contribution < 1.29 is 19.4 Å². The number of nitrogens with one attached hydrogen (secondary N) is 2. The van der Waals surface area contributed by atoms with Gasteiger partial charge in [0.1, 0.15) is 5.41 Å². The Morgan fingerprint density at radius 3 is 2.94 bits per heavy atom. The van der Waals surface area contributed by atoms with E-state index in [-0.39, 0.29) is 13.2 Å². The number of carboxylic acids is 1. The van der Waals surface area contributed by atoms with E-state index >= 15 is 0 Å². The number of aliphatic carboxylic acids is 1. The lowest BCUT2D eigenvalue weighted by Gasteiger charge is -2.25. The van der Waals surface area contributed by atoms with Crippen LogP contribution in [0.25, 0.3) is 0 Å². The van der Waals surface area contributed by atoms with Gasteiger partial charge in [0, 0.05) is 13.0 Å². The Hall–Kier alpha value is -1.74. The molecule has 0 saturated carbocycles. The number of hydrogen-bond donors (Lipinski definition) is 3. The lowest BCUT2D eigenvalue weighted by atomic mass is 9.85. The van der Waals surface area contributed by atoms with E-state index in [0.717, 1.165) is 0 Å². The molecule has 2 amide bonds. The maximum absolute atomic E-state index is 11.4. The molecule has 6 heteroatoms. The molecule has 0 aromatic carbocycles. The second-order valence-electron chi connectivity index (χ2n) is 4.14. The molecule has 1 heterocycles. The molecule has 1 rings (SSSR count). The van der Waals surface area contributed by atoms with Crippen LogP contribution in [0.1, 0.15) is 13.3 Å². The first-order valence-electron chi connectivity index (χ1n) is 5.29. The van der Waals surface area contributed by atoms with Crippen LogP contribution in [0, 0.1) is 17.8 Å². The monoisotopic (exact) mass is 240 g/mol. The molecule has 94 valence electrons. The summed E-state index contributed by atoms with van der Waals surface area (Å²) in [5.74, 6) is 1.41. The molecule has 17 heavy (non-hydrogen) atoms. The molecule has 3 N–H and O–H groups in total. The van der Waals surface area contributed by atoms with Crippen molar-refractivity contribution >= 4 is 12.0 Å². The first-order valence-corrected chi connectivity index (χ1v) is 5.29. The molecular weight excluding hydrogens is 224 g/mol. The van der Waals surface area contributed by atoms with Crippen molar-refractivity contribution in [1.82, 2.24) is 10.6 Å². The van der Waals surface area contributed by atoms with Crippen LogP contribution < -0.4 is 10.6 Å². The quantitative estimate of drug-likeness (QED) is 0.469. The molecule has 0 radical (unpaired) electrons. The first kappa shape index (κ1) is 13.3. The molecule has 0 aromatic heterocycles. The van der Waals surface area contributed by atoms with E-state index < -0.39 is 23.5 Å². The number of amides is 2. The molecule has 0 bridgehead atoms. The fourth-order valence-electron chi connectivity index (χ4n) is 1.54. The second-order valence-corrected chi connectivity index (χ2v) is 4.14. The molecule has 0 aliphatic carbocycles. The highest BCUT2D eigenvalue weighted by Gasteiger charge is 2.47. The number of carbonyl (C=O) groups excluding carboxylic acids is 1. The summed E-state index contributed by atoms with van der Waals surface area (Å²) in [7, 11) is 0. The average Bonchev–Trinajstić information content (AvgIpc) is 2.62. The van der Waals surface area contributed by atoms with Crippen LogP contribution in [-0.2, 0) is 9.53 Å². The smallest absolute Gasteiger partial charge is 0.315 e. The van der Waals surface area contributed by atoms with Crippen LogP contribution in [0.4, 0.5) is 4.79 Å². The van der Waals surface area contributed by atoms with Crippen LogP contribution in [0.3, 0.4) is 0 Å². The van der Waals surface area contributed by atoms with Crippen molar-refractivity contribution in [1.29, 1.82) is 0 Å². The van der Waals surface area contributed by atoms with Gasteiger partial charge in [-0.1, -0.05) is 0 Å². The summed E-state index contributed by atoms with van der Waals surface area (Å²) < 4.78 is 5.10. The third-order valence-corrected chi connectivity index (χ3v) is 2.80. The van der Waals surface area contributed by atoms with Gasteiger partial charge in [0.15, 0.2) is 0 Å². The van der Waals surface area contributed by atoms with E-state index in [9.17, 15) is 9.59 Å². The van der Waals surface area contributed by atoms with E-state index in [1.807, 2.05) is 0 Å². The van der Waals surface area contributed by atoms with Gasteiger partial charge in [0.2, 0.25) is 0 Å². The lowest BCUT2D eigenvalue weighted by molar-refractivity contribution is -0.148. The summed E-state index contributed by atoms with van der Waals surface area (Å²) in [4.78, 5) is 22.5. The molecule has 1 fully saturated rings. The van der Waals surface area contributed by atoms with Crippen molar-refractivity contribution in [2.24, 2.45) is 5.41 Å². The number of terminal acetylenes is 1. The first-order chi connectivity index (χ1) is 8.00. The maximum Gasteiger partial charge on any atom is 0.315 e. The Bertz CT molecular complexity index is 350. The topological polar surface area (TPSA) is 87.7 Å². The fraction of sp³-hybridized carbons (Fsp3) is 0.636. The van der Waals surface area contributed by atoms with Gasteiger partial charge in [-0.3, -0.25) is 4.79 Å². The zero-order chi connectivity index (χ0) is 12.9. The SMILES string of the molecule is C#CCCNC(=O)NC1COCC1(C)C(=O)O. The molecule has 1 saturated heterocycles. The highest BCUT2D eigenvalue weighted by atomic mass is 16.5. The van der Waals surface area contributed by atoms with Crippen LogP contribution >= 0.6 is 0 Å². The van der Waals surface area contributed by atoms with Crippen LogP contribution in [0.5, 0.6) is 0 Å². The number of ether oxygens (including phenoxy) is 1. The van der Waals surface area contributed by atoms with Crippen molar-refractivity contribution in [3.05, 3.63) is 0 Å². The molecule has 2 atom stereocenters. The predicted octanol–water partition coefficient (Wildman–Crippen LogP) is -0.201. The highest BCUT2D eigenvalue weighted by Crippen LogP contribution is 2.28. The second kappa shape index (κ2) is 5.55. The van der Waals surface area contributed by atoms with Gasteiger partial charge in [-0.05, 0) is 6.92 Å². The fourth-order valence-corrected chi connectivity index (χ4v) is 1.54. The zero-order valence-electron chi connectivity index (χ0n) is 9.66. The number of rotatable bonds is 4. The minimum absolute atomic E-state index is 0.0949. The van der Waals surface area contributed by atoms with Gasteiger partial charge in [-0.2, -0.15) is 0 Å². The lowest BCUT2D eigenvalue weighted by Crippen LogP contribution is -2.52. The number of hydrogen-bond acceptors (Lipinski definition) is 3. The van der Waals surface area contributed by atoms with E-state index in [4.69, 9.17) is 16.3 Å². The number of carbonyl (C=O) groups is 2. The Morgan fingerprint density at radius 2 is 2.35 bits per heavy atom. The van der Waals surface area contributed by atoms with Crippen LogP contribution in [0.15, 0.2) is 0 Å². The maximum atomic E-state index is 11.4. The zero-order valence-corrected chi connectivity index (χ0v) is 9.66. The van der Waals surface area contributed by atoms with Gasteiger partial charge >= 0.3 is 12.0 Å². The standard InChI is InChI=1S/C11H16N2O4/c1-3-4-5-12-10(16)13-8-6-17-7-11(8,2)9(14)15/h1,8H,4-7H2,2H3,(H,14,15)(H2,12,13,16). The molecule has 1 aliphatic rings. The minimum Gasteiger partial charge on any atom is -0.481 e. The highest BCUT2D eigenvalue weighted by molar-refractivity contribution is 5.79. The Labute approximate surface area is 99.7 Å². The summed E-state index contributed by atoms with van der Waals surface area (Å²) in [6, 6.07) is -0.964. The normalized spacial score (nSPS) is 27.2. The predicted molar refractivity (Wildman–Crippen MR) is 60.3 cm³/mol. The Morgan fingerprint density at radius 1 is 1.65 bits per heavy atom. The summed E-state index contributed by atoms with van der Waals surface area (Å²) in [6.07, 6.45) is 5.48. The third kappa shape index (κ3) is 3.11. The summed E-state index contributed by atoms with van der Waals surface area (Å²) in [6.45, 7) is 2.21. The summed E-state index contributed by atoms with van der Waals surface area (Å²) >= 11 is 0. The number of carboxylic acid groups (broad SMARTS) is 1. The Balaban J connectivity index is 2.48. The van der Waals surface area contributed by atoms with Crippen molar-refractivity contribution in [3.63, 3.8) is 0 Å². The van der Waals surface area contributed by atoms with Crippen molar-refractivity contribution in [2.45, 2.75) is 19.4 Å². The van der Waals surface area contributed by atoms with E-state index in [2.05, 4.69) is 16.6 Å². The van der Waals surface area contributed by atoms with Gasteiger partial charge in [-0.25, -0.2) is 4.79 Å². The van der Waals surface area contributed by atoms with E-state index in [0.29, 0.717) is 13.0 Å². The van der Waals surface area contributed by atoms with Crippen molar-refractivity contribution in [3.8, 4) is 12.3 Å². The van der Waals surface area contributed by atoms with E-state index in [1.54, 1.807) is 6.92 Å². The molecule has 1 aliphatic heterocycles. The molecule has 0 aromatic rings. The van der Waals surface area contributed by atoms with Crippen LogP contribution in [-0.4, -0.2) is 42.9 Å². The van der Waals surface area contributed by atoms with Crippen molar-refractivity contribution in [2.75, 3.05) is 19.8 Å². The van der Waals surface area contributed by atoms with Gasteiger partial charge in [0.05, 0.1) is 19.3 Å². The molecular formula is C11H16N2O4. The van der Waals surface area contributed by atoms with Gasteiger partial charge in [-0.15, -0.1) is 12.3 Å². The van der Waals surface area contributed by atoms with Crippen LogP contribution in [0.2, 0.25) is 0 Å². The molecule has 0 spiro atoms. The van der Waals surface area contributed by atoms with Gasteiger partial charge < -0.3 is 20.5 Å². The number of urea groups is 1. The third-order valence-electron chi connectivity index (χ3n) is 2.80. The van der Waals surface area contributed by atoms with Gasteiger partial charge in [0.25, 0.3) is 0 Å².